The number of benzene rings is 1. The number of nitrogen functional groups attached to an aromatic ring is 1. The lowest BCUT2D eigenvalue weighted by molar-refractivity contribution is 0.172. The molecule has 2 aliphatic rings. The minimum Gasteiger partial charge on any atom is -0.486 e. The molecule has 1 fully saturated rings. The van der Waals surface area contributed by atoms with E-state index in [1.165, 1.54) is 32.4 Å². The Morgan fingerprint density at radius 1 is 1.14 bits per heavy atom. The summed E-state index contributed by atoms with van der Waals surface area (Å²) in [7, 11) is 0. The average molecular weight is 291 g/mol. The molecular formula is C16H25N3O2. The second kappa shape index (κ2) is 6.43. The van der Waals surface area contributed by atoms with Gasteiger partial charge in [0.15, 0.2) is 11.5 Å². The number of rotatable bonds is 4. The van der Waals surface area contributed by atoms with Crippen molar-refractivity contribution in [3.05, 3.63) is 12.1 Å². The number of nitrogens with two attached hydrogens (primary N) is 1. The van der Waals surface area contributed by atoms with Crippen LogP contribution in [0, 0.1) is 0 Å². The van der Waals surface area contributed by atoms with Gasteiger partial charge in [0.25, 0.3) is 0 Å². The molecule has 0 bridgehead atoms. The first kappa shape index (κ1) is 14.3. The number of hydrogen-bond acceptors (Lipinski definition) is 5. The van der Waals surface area contributed by atoms with E-state index in [9.17, 15) is 0 Å². The maximum absolute atomic E-state index is 6.11. The predicted octanol–water partition coefficient (Wildman–Crippen LogP) is 2.33. The highest BCUT2D eigenvalue weighted by Gasteiger charge is 2.17. The molecule has 1 aromatic carbocycles. The fourth-order valence-corrected chi connectivity index (χ4v) is 3.07. The Balaban J connectivity index is 1.63. The number of piperidine rings is 1. The van der Waals surface area contributed by atoms with Gasteiger partial charge >= 0.3 is 0 Å². The first-order chi connectivity index (χ1) is 10.2. The number of nitrogens with one attached hydrogen (secondary N) is 1. The zero-order valence-electron chi connectivity index (χ0n) is 12.7. The van der Waals surface area contributed by atoms with Gasteiger partial charge in [0, 0.05) is 24.7 Å². The van der Waals surface area contributed by atoms with Crippen molar-refractivity contribution < 1.29 is 9.47 Å². The van der Waals surface area contributed by atoms with Gasteiger partial charge < -0.3 is 25.4 Å². The molecule has 116 valence electrons. The van der Waals surface area contributed by atoms with Crippen LogP contribution in [0.15, 0.2) is 12.1 Å². The van der Waals surface area contributed by atoms with Crippen molar-refractivity contribution in [3.8, 4) is 11.5 Å². The molecule has 2 heterocycles. The summed E-state index contributed by atoms with van der Waals surface area (Å²) < 4.78 is 11.2. The molecule has 3 rings (SSSR count). The first-order valence-electron chi connectivity index (χ1n) is 7.90. The molecule has 0 spiro atoms. The SMILES string of the molecule is CC(CN1CCCCC1)Nc1cc2c(cc1N)OCCO2. The fourth-order valence-electron chi connectivity index (χ4n) is 3.07. The highest BCUT2D eigenvalue weighted by atomic mass is 16.6. The fraction of sp³-hybridized carbons (Fsp3) is 0.625. The zero-order chi connectivity index (χ0) is 14.7. The van der Waals surface area contributed by atoms with Crippen molar-refractivity contribution in [2.24, 2.45) is 0 Å². The molecular weight excluding hydrogens is 266 g/mol. The number of ether oxygens (including phenoxy) is 2. The van der Waals surface area contributed by atoms with E-state index in [0.29, 0.717) is 24.9 Å². The van der Waals surface area contributed by atoms with Crippen LogP contribution in [0.2, 0.25) is 0 Å². The maximum Gasteiger partial charge on any atom is 0.163 e. The Hall–Kier alpha value is -1.62. The molecule has 5 heteroatoms. The van der Waals surface area contributed by atoms with Gasteiger partial charge in [0.1, 0.15) is 13.2 Å². The maximum atomic E-state index is 6.11. The normalized spacial score (nSPS) is 20.0. The van der Waals surface area contributed by atoms with Gasteiger partial charge in [0.05, 0.1) is 11.4 Å². The van der Waals surface area contributed by atoms with Gasteiger partial charge in [-0.1, -0.05) is 6.42 Å². The summed E-state index contributed by atoms with van der Waals surface area (Å²) in [4.78, 5) is 2.52. The molecule has 21 heavy (non-hydrogen) atoms. The first-order valence-corrected chi connectivity index (χ1v) is 7.90. The van der Waals surface area contributed by atoms with E-state index in [2.05, 4.69) is 17.1 Å². The standard InChI is InChI=1S/C16H25N3O2/c1-12(11-19-5-3-2-4-6-19)18-14-10-16-15(9-13(14)17)20-7-8-21-16/h9-10,12,18H,2-8,11,17H2,1H3. The van der Waals surface area contributed by atoms with Gasteiger partial charge in [0.2, 0.25) is 0 Å². The number of hydrogen-bond donors (Lipinski definition) is 2. The quantitative estimate of drug-likeness (QED) is 0.834. The summed E-state index contributed by atoms with van der Waals surface area (Å²) in [6.07, 6.45) is 4.01. The Morgan fingerprint density at radius 3 is 2.52 bits per heavy atom. The van der Waals surface area contributed by atoms with Crippen molar-refractivity contribution in [1.82, 2.24) is 4.90 Å². The number of likely N-dealkylation sites (tertiary alicyclic amines) is 1. The van der Waals surface area contributed by atoms with Gasteiger partial charge in [-0.05, 0) is 32.9 Å². The van der Waals surface area contributed by atoms with E-state index in [4.69, 9.17) is 15.2 Å². The van der Waals surface area contributed by atoms with Gasteiger partial charge in [-0.3, -0.25) is 0 Å². The smallest absolute Gasteiger partial charge is 0.163 e. The van der Waals surface area contributed by atoms with E-state index in [1.807, 2.05) is 12.1 Å². The van der Waals surface area contributed by atoms with E-state index >= 15 is 0 Å². The van der Waals surface area contributed by atoms with Crippen LogP contribution in [-0.4, -0.2) is 43.8 Å². The van der Waals surface area contributed by atoms with Crippen LogP contribution in [0.25, 0.3) is 0 Å². The third-order valence-electron chi connectivity index (χ3n) is 4.10. The molecule has 1 unspecified atom stereocenters. The lowest BCUT2D eigenvalue weighted by atomic mass is 10.1. The van der Waals surface area contributed by atoms with Gasteiger partial charge in [-0.25, -0.2) is 0 Å². The zero-order valence-corrected chi connectivity index (χ0v) is 12.7. The highest BCUT2D eigenvalue weighted by Crippen LogP contribution is 2.37. The molecule has 0 saturated carbocycles. The minimum absolute atomic E-state index is 0.355. The van der Waals surface area contributed by atoms with E-state index in [0.717, 1.165) is 23.7 Å². The molecule has 1 aromatic rings. The summed E-state index contributed by atoms with van der Waals surface area (Å²) in [6.45, 7) is 6.86. The third-order valence-corrected chi connectivity index (χ3v) is 4.10. The van der Waals surface area contributed by atoms with Crippen LogP contribution < -0.4 is 20.5 Å². The van der Waals surface area contributed by atoms with Crippen molar-refractivity contribution in [3.63, 3.8) is 0 Å². The molecule has 0 aromatic heterocycles. The van der Waals surface area contributed by atoms with Crippen molar-refractivity contribution in [2.75, 3.05) is 43.9 Å². The number of fused-ring (bicyclic) bond motifs is 1. The Labute approximate surface area is 126 Å². The topological polar surface area (TPSA) is 59.8 Å². The van der Waals surface area contributed by atoms with Crippen molar-refractivity contribution >= 4 is 11.4 Å². The van der Waals surface area contributed by atoms with Gasteiger partial charge in [-0.2, -0.15) is 0 Å². The average Bonchev–Trinajstić information content (AvgIpc) is 2.49. The van der Waals surface area contributed by atoms with Crippen LogP contribution in [0.3, 0.4) is 0 Å². The number of nitrogens with zero attached hydrogens (tertiary/aromatic N) is 1. The van der Waals surface area contributed by atoms with E-state index in [-0.39, 0.29) is 0 Å². The van der Waals surface area contributed by atoms with Gasteiger partial charge in [-0.15, -0.1) is 0 Å². The molecule has 3 N–H and O–H groups in total. The van der Waals surface area contributed by atoms with E-state index in [1.54, 1.807) is 0 Å². The molecule has 1 atom stereocenters. The second-order valence-corrected chi connectivity index (χ2v) is 5.99. The molecule has 0 amide bonds. The molecule has 0 radical (unpaired) electrons. The van der Waals surface area contributed by atoms with Crippen molar-refractivity contribution in [2.45, 2.75) is 32.2 Å². The monoisotopic (exact) mass is 291 g/mol. The highest BCUT2D eigenvalue weighted by molar-refractivity contribution is 5.72. The van der Waals surface area contributed by atoms with Crippen LogP contribution in [0.5, 0.6) is 11.5 Å². The lowest BCUT2D eigenvalue weighted by Gasteiger charge is -2.30. The predicted molar refractivity (Wildman–Crippen MR) is 85.2 cm³/mol. The molecule has 5 nitrogen and oxygen atoms in total. The van der Waals surface area contributed by atoms with E-state index < -0.39 is 0 Å². The summed E-state index contributed by atoms with van der Waals surface area (Å²) in [6, 6.07) is 4.16. The largest absolute Gasteiger partial charge is 0.486 e. The molecule has 1 saturated heterocycles. The number of anilines is 2. The van der Waals surface area contributed by atoms with Crippen LogP contribution in [0.4, 0.5) is 11.4 Å². The van der Waals surface area contributed by atoms with Crippen LogP contribution in [-0.2, 0) is 0 Å². The Morgan fingerprint density at radius 2 is 1.81 bits per heavy atom. The Kier molecular flexibility index (Phi) is 4.39. The van der Waals surface area contributed by atoms with Crippen LogP contribution >= 0.6 is 0 Å². The summed E-state index contributed by atoms with van der Waals surface area (Å²) >= 11 is 0. The van der Waals surface area contributed by atoms with Crippen LogP contribution in [0.1, 0.15) is 26.2 Å². The molecule has 0 aliphatic carbocycles. The Bertz CT molecular complexity index is 487. The summed E-state index contributed by atoms with van der Waals surface area (Å²) in [5, 5.41) is 3.51. The summed E-state index contributed by atoms with van der Waals surface area (Å²) in [5.74, 6) is 1.52. The third kappa shape index (κ3) is 3.53. The minimum atomic E-state index is 0.355. The molecule has 2 aliphatic heterocycles. The van der Waals surface area contributed by atoms with Crippen molar-refractivity contribution in [1.29, 1.82) is 0 Å². The summed E-state index contributed by atoms with van der Waals surface area (Å²) in [5.41, 5.74) is 7.76. The lowest BCUT2D eigenvalue weighted by Crippen LogP contribution is -2.38. The second-order valence-electron chi connectivity index (χ2n) is 5.99.